The Bertz CT molecular complexity index is 678. The van der Waals surface area contributed by atoms with Crippen molar-refractivity contribution in [2.24, 2.45) is 5.41 Å². The Balaban J connectivity index is 0.000000408. The van der Waals surface area contributed by atoms with E-state index in [-0.39, 0.29) is 5.41 Å². The molecule has 2 aromatic rings. The number of aromatic carboxylic acids is 2. The van der Waals surface area contributed by atoms with Crippen molar-refractivity contribution >= 4 is 11.9 Å². The SMILES string of the molecule is CC(C)(C)CC(O)C(C)(C)O.O=C(O)c1ccccc1.O=C(O)c1ccccc1. The zero-order valence-electron chi connectivity index (χ0n) is 17.7. The molecule has 0 aliphatic heterocycles. The van der Waals surface area contributed by atoms with Crippen molar-refractivity contribution in [3.8, 4) is 0 Å². The maximum atomic E-state index is 10.2. The fourth-order valence-electron chi connectivity index (χ4n) is 1.99. The maximum absolute atomic E-state index is 10.2. The third-order valence-corrected chi connectivity index (χ3v) is 3.66. The number of rotatable bonds is 4. The van der Waals surface area contributed by atoms with E-state index in [9.17, 15) is 19.8 Å². The van der Waals surface area contributed by atoms with E-state index in [0.29, 0.717) is 17.5 Å². The molecule has 160 valence electrons. The Labute approximate surface area is 172 Å². The van der Waals surface area contributed by atoms with Crippen LogP contribution in [0.3, 0.4) is 0 Å². The van der Waals surface area contributed by atoms with Crippen LogP contribution in [-0.2, 0) is 0 Å². The lowest BCUT2D eigenvalue weighted by Gasteiger charge is -2.30. The molecule has 0 aliphatic rings. The largest absolute Gasteiger partial charge is 0.478 e. The standard InChI is InChI=1S/C9H20O2.2C7H6O2/c1-8(2,3)6-7(10)9(4,5)11;2*8-7(9)6-4-2-1-3-5-6/h7,10-11H,6H2,1-5H3;2*1-5H,(H,8,9). The average molecular weight is 405 g/mol. The van der Waals surface area contributed by atoms with Gasteiger partial charge in [-0.15, -0.1) is 0 Å². The minimum absolute atomic E-state index is 0.0689. The van der Waals surface area contributed by atoms with E-state index in [1.54, 1.807) is 74.5 Å². The normalized spacial score (nSPS) is 11.8. The quantitative estimate of drug-likeness (QED) is 0.603. The molecule has 2 aromatic carbocycles. The number of carbonyl (C=O) groups is 2. The van der Waals surface area contributed by atoms with Gasteiger partial charge in [0.05, 0.1) is 22.8 Å². The van der Waals surface area contributed by atoms with Crippen molar-refractivity contribution in [1.82, 2.24) is 0 Å². The van der Waals surface area contributed by atoms with Gasteiger partial charge < -0.3 is 20.4 Å². The van der Waals surface area contributed by atoms with Crippen LogP contribution in [-0.4, -0.2) is 44.1 Å². The summed E-state index contributed by atoms with van der Waals surface area (Å²) in [5.74, 6) is -1.76. The minimum Gasteiger partial charge on any atom is -0.478 e. The highest BCUT2D eigenvalue weighted by molar-refractivity contribution is 5.87. The topological polar surface area (TPSA) is 115 Å². The highest BCUT2D eigenvalue weighted by atomic mass is 16.4. The van der Waals surface area contributed by atoms with Crippen molar-refractivity contribution < 1.29 is 30.0 Å². The van der Waals surface area contributed by atoms with Crippen molar-refractivity contribution in [3.63, 3.8) is 0 Å². The number of carboxylic acid groups (broad SMARTS) is 2. The van der Waals surface area contributed by atoms with E-state index in [2.05, 4.69) is 0 Å². The van der Waals surface area contributed by atoms with E-state index in [4.69, 9.17) is 10.2 Å². The lowest BCUT2D eigenvalue weighted by molar-refractivity contribution is -0.0643. The third kappa shape index (κ3) is 13.2. The zero-order valence-corrected chi connectivity index (χ0v) is 17.7. The number of hydrogen-bond donors (Lipinski definition) is 4. The number of carboxylic acids is 2. The Morgan fingerprint density at radius 2 is 1.07 bits per heavy atom. The Morgan fingerprint density at radius 1 is 0.759 bits per heavy atom. The van der Waals surface area contributed by atoms with Gasteiger partial charge in [0.2, 0.25) is 0 Å². The Morgan fingerprint density at radius 3 is 1.21 bits per heavy atom. The molecule has 0 spiro atoms. The molecule has 0 saturated carbocycles. The van der Waals surface area contributed by atoms with Crippen LogP contribution in [0.5, 0.6) is 0 Å². The van der Waals surface area contributed by atoms with E-state index in [0.717, 1.165) is 0 Å². The molecule has 1 atom stereocenters. The molecule has 4 N–H and O–H groups in total. The molecule has 0 aliphatic carbocycles. The predicted molar refractivity (Wildman–Crippen MR) is 113 cm³/mol. The number of aliphatic hydroxyl groups is 2. The smallest absolute Gasteiger partial charge is 0.335 e. The van der Waals surface area contributed by atoms with Crippen molar-refractivity contribution in [3.05, 3.63) is 71.8 Å². The van der Waals surface area contributed by atoms with Gasteiger partial charge in [0.15, 0.2) is 0 Å². The molecule has 6 heteroatoms. The second kappa shape index (κ2) is 12.0. The van der Waals surface area contributed by atoms with Gasteiger partial charge >= 0.3 is 11.9 Å². The van der Waals surface area contributed by atoms with Crippen LogP contribution in [0.25, 0.3) is 0 Å². The van der Waals surface area contributed by atoms with Crippen LogP contribution >= 0.6 is 0 Å². The van der Waals surface area contributed by atoms with Crippen molar-refractivity contribution in [1.29, 1.82) is 0 Å². The first-order valence-corrected chi connectivity index (χ1v) is 9.21. The van der Waals surface area contributed by atoms with Gasteiger partial charge in [0.25, 0.3) is 0 Å². The van der Waals surface area contributed by atoms with Crippen LogP contribution < -0.4 is 0 Å². The third-order valence-electron chi connectivity index (χ3n) is 3.66. The van der Waals surface area contributed by atoms with E-state index in [1.807, 2.05) is 20.8 Å². The molecule has 2 rings (SSSR count). The highest BCUT2D eigenvalue weighted by Crippen LogP contribution is 2.25. The zero-order chi connectivity index (χ0) is 22.7. The van der Waals surface area contributed by atoms with Gasteiger partial charge in [-0.25, -0.2) is 9.59 Å². The van der Waals surface area contributed by atoms with E-state index >= 15 is 0 Å². The van der Waals surface area contributed by atoms with Gasteiger partial charge in [-0.3, -0.25) is 0 Å². The van der Waals surface area contributed by atoms with Crippen LogP contribution in [0.1, 0.15) is 61.8 Å². The van der Waals surface area contributed by atoms with Gasteiger partial charge in [0, 0.05) is 0 Å². The van der Waals surface area contributed by atoms with Crippen molar-refractivity contribution in [2.45, 2.75) is 52.7 Å². The summed E-state index contributed by atoms with van der Waals surface area (Å²) in [7, 11) is 0. The summed E-state index contributed by atoms with van der Waals surface area (Å²) in [6.07, 6.45) is -0.0150. The van der Waals surface area contributed by atoms with Crippen LogP contribution in [0.15, 0.2) is 60.7 Å². The molecular weight excluding hydrogens is 372 g/mol. The fraction of sp³-hybridized carbons (Fsp3) is 0.391. The van der Waals surface area contributed by atoms with Gasteiger partial charge in [0.1, 0.15) is 0 Å². The van der Waals surface area contributed by atoms with Crippen molar-refractivity contribution in [2.75, 3.05) is 0 Å². The first kappa shape index (κ1) is 26.3. The maximum Gasteiger partial charge on any atom is 0.335 e. The number of hydrogen-bond acceptors (Lipinski definition) is 4. The molecule has 0 heterocycles. The molecule has 0 radical (unpaired) electrons. The molecule has 0 aromatic heterocycles. The summed E-state index contributed by atoms with van der Waals surface area (Å²) < 4.78 is 0. The molecule has 29 heavy (non-hydrogen) atoms. The van der Waals surface area contributed by atoms with Gasteiger partial charge in [-0.2, -0.15) is 0 Å². The molecular formula is C23H32O6. The Hall–Kier alpha value is -2.70. The predicted octanol–water partition coefficient (Wildman–Crippen LogP) is 4.32. The van der Waals surface area contributed by atoms with Crippen LogP contribution in [0.4, 0.5) is 0 Å². The van der Waals surface area contributed by atoms with Crippen LogP contribution in [0.2, 0.25) is 0 Å². The highest BCUT2D eigenvalue weighted by Gasteiger charge is 2.28. The minimum atomic E-state index is -0.979. The summed E-state index contributed by atoms with van der Waals surface area (Å²) in [5.41, 5.74) is -0.248. The molecule has 0 amide bonds. The summed E-state index contributed by atoms with van der Waals surface area (Å²) in [6, 6.07) is 16.6. The van der Waals surface area contributed by atoms with Gasteiger partial charge in [-0.05, 0) is 49.9 Å². The first-order chi connectivity index (χ1) is 13.2. The van der Waals surface area contributed by atoms with Gasteiger partial charge in [-0.1, -0.05) is 57.2 Å². The lowest BCUT2D eigenvalue weighted by Crippen LogP contribution is -2.38. The number of aliphatic hydroxyl groups excluding tert-OH is 1. The second-order valence-electron chi connectivity index (χ2n) is 8.28. The molecule has 0 bridgehead atoms. The monoisotopic (exact) mass is 404 g/mol. The number of benzene rings is 2. The molecule has 0 saturated heterocycles. The molecule has 6 nitrogen and oxygen atoms in total. The second-order valence-corrected chi connectivity index (χ2v) is 8.28. The van der Waals surface area contributed by atoms with Crippen LogP contribution in [0, 0.1) is 5.41 Å². The first-order valence-electron chi connectivity index (χ1n) is 9.21. The van der Waals surface area contributed by atoms with E-state index in [1.165, 1.54) is 0 Å². The summed E-state index contributed by atoms with van der Waals surface area (Å²) in [6.45, 7) is 9.39. The lowest BCUT2D eigenvalue weighted by atomic mass is 9.84. The Kier molecular flexibility index (Phi) is 10.9. The summed E-state index contributed by atoms with van der Waals surface area (Å²) >= 11 is 0. The summed E-state index contributed by atoms with van der Waals surface area (Å²) in [4.78, 5) is 20.4. The fourth-order valence-corrected chi connectivity index (χ4v) is 1.99. The average Bonchev–Trinajstić information content (AvgIpc) is 2.62. The van der Waals surface area contributed by atoms with E-state index < -0.39 is 23.6 Å². The molecule has 0 fully saturated rings. The summed E-state index contributed by atoms with van der Waals surface area (Å²) in [5, 5.41) is 35.6. The molecule has 1 unspecified atom stereocenters.